The summed E-state index contributed by atoms with van der Waals surface area (Å²) in [5, 5.41) is 5.80. The molecule has 0 saturated carbocycles. The number of ether oxygens (including phenoxy) is 2. The van der Waals surface area contributed by atoms with Gasteiger partial charge in [0.25, 0.3) is 11.8 Å². The second-order valence-corrected chi connectivity index (χ2v) is 7.68. The minimum atomic E-state index is -0.599. The molecule has 0 aliphatic carbocycles. The Hall–Kier alpha value is -4.49. The topological polar surface area (TPSA) is 89.8 Å². The maximum absolute atomic E-state index is 13.3. The van der Waals surface area contributed by atoms with Gasteiger partial charge in [-0.05, 0) is 54.6 Å². The smallest absolute Gasteiger partial charge is 0.272 e. The lowest BCUT2D eigenvalue weighted by atomic mass is 10.2. The minimum Gasteiger partial charge on any atom is -0.493 e. The van der Waals surface area contributed by atoms with Crippen molar-refractivity contribution in [3.63, 3.8) is 0 Å². The molecule has 1 heterocycles. The third-order valence-corrected chi connectivity index (χ3v) is 5.07. The van der Waals surface area contributed by atoms with Gasteiger partial charge < -0.3 is 24.5 Å². The molecule has 2 amide bonds. The minimum absolute atomic E-state index is 0.0305. The molecule has 0 atom stereocenters. The maximum Gasteiger partial charge on any atom is 0.272 e. The first-order valence-electron chi connectivity index (χ1n) is 10.6. The van der Waals surface area contributed by atoms with Gasteiger partial charge in [0.2, 0.25) is 0 Å². The van der Waals surface area contributed by atoms with Gasteiger partial charge in [0.05, 0.1) is 19.1 Å². The molecule has 4 aromatic rings. The molecule has 4 rings (SSSR count). The van der Waals surface area contributed by atoms with Crippen molar-refractivity contribution < 1.29 is 23.5 Å². The van der Waals surface area contributed by atoms with Crippen LogP contribution in [0.1, 0.15) is 16.1 Å². The summed E-state index contributed by atoms with van der Waals surface area (Å²) < 4.78 is 16.7. The van der Waals surface area contributed by atoms with Crippen molar-refractivity contribution in [3.8, 4) is 17.2 Å². The molecule has 1 aromatic heterocycles. The number of para-hydroxylation sites is 2. The normalized spacial score (nSPS) is 11.0. The number of carbonyl (C=O) groups excluding carboxylic acids is 2. The van der Waals surface area contributed by atoms with E-state index in [0.717, 1.165) is 0 Å². The van der Waals surface area contributed by atoms with E-state index in [1.54, 1.807) is 78.9 Å². The summed E-state index contributed by atoms with van der Waals surface area (Å²) in [6.45, 7) is 0. The van der Waals surface area contributed by atoms with E-state index in [4.69, 9.17) is 25.5 Å². The first kappa shape index (κ1) is 23.7. The van der Waals surface area contributed by atoms with Gasteiger partial charge in [0.15, 0.2) is 17.2 Å². The Morgan fingerprint density at radius 2 is 1.63 bits per heavy atom. The molecular weight excluding hydrogens is 468 g/mol. The molecule has 0 aliphatic rings. The quantitative estimate of drug-likeness (QED) is 0.291. The lowest BCUT2D eigenvalue weighted by Crippen LogP contribution is -2.30. The summed E-state index contributed by atoms with van der Waals surface area (Å²) >= 11 is 6.19. The van der Waals surface area contributed by atoms with Gasteiger partial charge in [-0.15, -0.1) is 0 Å². The molecular formula is C27H21ClN2O5. The van der Waals surface area contributed by atoms with E-state index in [9.17, 15) is 9.59 Å². The predicted octanol–water partition coefficient (Wildman–Crippen LogP) is 6.14. The summed E-state index contributed by atoms with van der Waals surface area (Å²) in [7, 11) is 1.54. The van der Waals surface area contributed by atoms with E-state index >= 15 is 0 Å². The summed E-state index contributed by atoms with van der Waals surface area (Å²) in [5.74, 6) is 0.650. The Bertz CT molecular complexity index is 1350. The number of benzene rings is 3. The highest BCUT2D eigenvalue weighted by Gasteiger charge is 2.18. The van der Waals surface area contributed by atoms with Crippen LogP contribution in [0, 0.1) is 0 Å². The predicted molar refractivity (Wildman–Crippen MR) is 134 cm³/mol. The fourth-order valence-electron chi connectivity index (χ4n) is 3.16. The van der Waals surface area contributed by atoms with Gasteiger partial charge in [0.1, 0.15) is 11.5 Å². The van der Waals surface area contributed by atoms with Gasteiger partial charge in [-0.2, -0.15) is 0 Å². The number of amides is 2. The zero-order chi connectivity index (χ0) is 24.6. The van der Waals surface area contributed by atoms with Crippen LogP contribution < -0.4 is 20.1 Å². The SMILES string of the molecule is COc1ccccc1Oc1ccc(Cl)cc1NC(=O)/C(=C/c1ccco1)NC(=O)c1ccccc1. The largest absolute Gasteiger partial charge is 0.493 e. The lowest BCUT2D eigenvalue weighted by Gasteiger charge is -2.16. The Labute approximate surface area is 206 Å². The number of carbonyl (C=O) groups is 2. The zero-order valence-corrected chi connectivity index (χ0v) is 19.4. The van der Waals surface area contributed by atoms with Crippen molar-refractivity contribution in [1.29, 1.82) is 0 Å². The molecule has 0 spiro atoms. The number of hydrogen-bond donors (Lipinski definition) is 2. The summed E-state index contributed by atoms with van der Waals surface area (Å²) in [6, 6.07) is 23.8. The van der Waals surface area contributed by atoms with Crippen molar-refractivity contribution in [2.24, 2.45) is 0 Å². The molecule has 0 radical (unpaired) electrons. The molecule has 176 valence electrons. The second-order valence-electron chi connectivity index (χ2n) is 7.24. The van der Waals surface area contributed by atoms with Crippen LogP contribution in [-0.2, 0) is 4.79 Å². The Kier molecular flexibility index (Phi) is 7.50. The summed E-state index contributed by atoms with van der Waals surface area (Å²) in [4.78, 5) is 26.0. The van der Waals surface area contributed by atoms with Crippen LogP contribution in [0.2, 0.25) is 5.02 Å². The standard InChI is InChI=1S/C27H21ClN2O5/c1-33-24-11-5-6-12-25(24)35-23-14-13-19(28)16-21(23)29-27(32)22(17-20-10-7-15-34-20)30-26(31)18-8-3-2-4-9-18/h2-17H,1H3,(H,29,32)(H,30,31)/b22-17-. The number of anilines is 1. The van der Waals surface area contributed by atoms with Crippen LogP contribution in [0.25, 0.3) is 6.08 Å². The third kappa shape index (κ3) is 6.10. The first-order valence-corrected chi connectivity index (χ1v) is 10.9. The number of halogens is 1. The second kappa shape index (κ2) is 11.1. The van der Waals surface area contributed by atoms with Crippen LogP contribution in [0.15, 0.2) is 101 Å². The number of methoxy groups -OCH3 is 1. The van der Waals surface area contributed by atoms with E-state index in [1.165, 1.54) is 19.4 Å². The van der Waals surface area contributed by atoms with Gasteiger partial charge >= 0.3 is 0 Å². The van der Waals surface area contributed by atoms with Crippen molar-refractivity contribution in [2.45, 2.75) is 0 Å². The molecule has 35 heavy (non-hydrogen) atoms. The average molecular weight is 489 g/mol. The van der Waals surface area contributed by atoms with Gasteiger partial charge in [-0.3, -0.25) is 9.59 Å². The van der Waals surface area contributed by atoms with Crippen LogP contribution in [0.5, 0.6) is 17.2 Å². The van der Waals surface area contributed by atoms with E-state index in [2.05, 4.69) is 10.6 Å². The monoisotopic (exact) mass is 488 g/mol. The summed E-state index contributed by atoms with van der Waals surface area (Å²) in [5.41, 5.74) is 0.665. The highest BCUT2D eigenvalue weighted by molar-refractivity contribution is 6.31. The Balaban J connectivity index is 1.62. The van der Waals surface area contributed by atoms with Crippen molar-refractivity contribution in [3.05, 3.63) is 113 Å². The molecule has 0 aliphatic heterocycles. The highest BCUT2D eigenvalue weighted by atomic mass is 35.5. The molecule has 8 heteroatoms. The van der Waals surface area contributed by atoms with Crippen LogP contribution in [0.3, 0.4) is 0 Å². The number of hydrogen-bond acceptors (Lipinski definition) is 5. The molecule has 7 nitrogen and oxygen atoms in total. The van der Waals surface area contributed by atoms with E-state index in [1.807, 2.05) is 6.07 Å². The van der Waals surface area contributed by atoms with Gasteiger partial charge in [-0.25, -0.2) is 0 Å². The fraction of sp³-hybridized carbons (Fsp3) is 0.0370. The first-order chi connectivity index (χ1) is 17.0. The summed E-state index contributed by atoms with van der Waals surface area (Å²) in [6.07, 6.45) is 2.90. The number of nitrogens with one attached hydrogen (secondary N) is 2. The van der Waals surface area contributed by atoms with E-state index in [0.29, 0.717) is 39.3 Å². The van der Waals surface area contributed by atoms with Crippen molar-refractivity contribution in [1.82, 2.24) is 5.32 Å². The molecule has 0 bridgehead atoms. The molecule has 3 aromatic carbocycles. The van der Waals surface area contributed by atoms with Gasteiger partial charge in [0, 0.05) is 16.7 Å². The van der Waals surface area contributed by atoms with E-state index in [-0.39, 0.29) is 5.70 Å². The number of rotatable bonds is 8. The van der Waals surface area contributed by atoms with E-state index < -0.39 is 11.8 Å². The molecule has 0 fully saturated rings. The van der Waals surface area contributed by atoms with Crippen molar-refractivity contribution in [2.75, 3.05) is 12.4 Å². The molecule has 2 N–H and O–H groups in total. The Morgan fingerprint density at radius 1 is 0.886 bits per heavy atom. The average Bonchev–Trinajstić information content (AvgIpc) is 3.39. The van der Waals surface area contributed by atoms with Crippen LogP contribution in [0.4, 0.5) is 5.69 Å². The molecule has 0 saturated heterocycles. The Morgan fingerprint density at radius 3 is 2.34 bits per heavy atom. The maximum atomic E-state index is 13.3. The zero-order valence-electron chi connectivity index (χ0n) is 18.7. The van der Waals surface area contributed by atoms with Crippen LogP contribution >= 0.6 is 11.6 Å². The van der Waals surface area contributed by atoms with Gasteiger partial charge in [-0.1, -0.05) is 41.9 Å². The van der Waals surface area contributed by atoms with Crippen molar-refractivity contribution >= 4 is 35.2 Å². The number of furan rings is 1. The molecule has 0 unspecified atom stereocenters. The fourth-order valence-corrected chi connectivity index (χ4v) is 3.33. The highest BCUT2D eigenvalue weighted by Crippen LogP contribution is 2.36. The van der Waals surface area contributed by atoms with Crippen LogP contribution in [-0.4, -0.2) is 18.9 Å². The third-order valence-electron chi connectivity index (χ3n) is 4.84. The lowest BCUT2D eigenvalue weighted by molar-refractivity contribution is -0.113.